The van der Waals surface area contributed by atoms with Crippen molar-refractivity contribution in [3.63, 3.8) is 0 Å². The third kappa shape index (κ3) is 3.09. The quantitative estimate of drug-likeness (QED) is 0.340. The Hall–Kier alpha value is -2.70. The number of aromatic hydroxyl groups is 1. The number of nitrogens with zero attached hydrogens (tertiary/aromatic N) is 2. The van der Waals surface area contributed by atoms with E-state index in [1.807, 2.05) is 24.4 Å². The molecular weight excluding hydrogens is 373 g/mol. The van der Waals surface area contributed by atoms with Gasteiger partial charge in [-0.3, -0.25) is 0 Å². The number of hydrogen-bond acceptors (Lipinski definition) is 5. The molecule has 2 aromatic heterocycles. The first-order chi connectivity index (χ1) is 12.5. The van der Waals surface area contributed by atoms with E-state index in [1.165, 1.54) is 23.5 Å². The zero-order valence-corrected chi connectivity index (χ0v) is 15.2. The SMILES string of the molecule is Cc1ccc(O)c(Nc2nc(Cl)nc3scc(-c4ccc(F)cc4)c23)c1. The summed E-state index contributed by atoms with van der Waals surface area (Å²) in [6, 6.07) is 11.5. The molecule has 2 heterocycles. The van der Waals surface area contributed by atoms with Gasteiger partial charge in [0.15, 0.2) is 0 Å². The molecule has 0 saturated heterocycles. The van der Waals surface area contributed by atoms with Gasteiger partial charge < -0.3 is 10.4 Å². The molecule has 0 spiro atoms. The number of phenols is 1. The Balaban J connectivity index is 1.89. The number of nitrogens with one attached hydrogen (secondary N) is 1. The molecule has 4 nitrogen and oxygen atoms in total. The normalized spacial score (nSPS) is 11.0. The number of anilines is 2. The number of phenolic OH excluding ortho intramolecular Hbond substituents is 1. The summed E-state index contributed by atoms with van der Waals surface area (Å²) in [6.45, 7) is 1.93. The molecule has 0 unspecified atom stereocenters. The third-order valence-electron chi connectivity index (χ3n) is 3.97. The number of thiophene rings is 1. The first-order valence-corrected chi connectivity index (χ1v) is 9.04. The first kappa shape index (κ1) is 16.8. The van der Waals surface area contributed by atoms with Gasteiger partial charge in [0, 0.05) is 10.9 Å². The van der Waals surface area contributed by atoms with E-state index in [0.717, 1.165) is 22.1 Å². The van der Waals surface area contributed by atoms with Gasteiger partial charge in [-0.25, -0.2) is 9.37 Å². The largest absolute Gasteiger partial charge is 0.506 e. The van der Waals surface area contributed by atoms with Crippen LogP contribution in [0.15, 0.2) is 47.8 Å². The van der Waals surface area contributed by atoms with Crippen LogP contribution in [0.4, 0.5) is 15.9 Å². The predicted molar refractivity (Wildman–Crippen MR) is 104 cm³/mol. The smallest absolute Gasteiger partial charge is 0.225 e. The number of rotatable bonds is 3. The van der Waals surface area contributed by atoms with E-state index in [9.17, 15) is 9.50 Å². The van der Waals surface area contributed by atoms with Crippen molar-refractivity contribution in [1.29, 1.82) is 0 Å². The fourth-order valence-corrected chi connectivity index (χ4v) is 3.89. The Kier molecular flexibility index (Phi) is 4.22. The molecule has 0 fully saturated rings. The Bertz CT molecular complexity index is 1110. The van der Waals surface area contributed by atoms with Crippen molar-refractivity contribution in [3.05, 3.63) is 64.5 Å². The van der Waals surface area contributed by atoms with E-state index in [2.05, 4.69) is 15.3 Å². The molecule has 2 N–H and O–H groups in total. The lowest BCUT2D eigenvalue weighted by Gasteiger charge is -2.11. The van der Waals surface area contributed by atoms with Crippen LogP contribution in [0.2, 0.25) is 5.28 Å². The van der Waals surface area contributed by atoms with Crippen LogP contribution in [-0.4, -0.2) is 15.1 Å². The van der Waals surface area contributed by atoms with Crippen molar-refractivity contribution in [2.24, 2.45) is 0 Å². The van der Waals surface area contributed by atoms with E-state index in [-0.39, 0.29) is 16.9 Å². The Morgan fingerprint density at radius 1 is 1.12 bits per heavy atom. The monoisotopic (exact) mass is 385 g/mol. The van der Waals surface area contributed by atoms with Gasteiger partial charge in [-0.2, -0.15) is 4.98 Å². The molecular formula is C19H13ClFN3OS. The molecule has 0 amide bonds. The summed E-state index contributed by atoms with van der Waals surface area (Å²) in [7, 11) is 0. The molecule has 4 rings (SSSR count). The lowest BCUT2D eigenvalue weighted by molar-refractivity contribution is 0.477. The van der Waals surface area contributed by atoms with Crippen molar-refractivity contribution < 1.29 is 9.50 Å². The number of aryl methyl sites for hydroxylation is 1. The van der Waals surface area contributed by atoms with E-state index in [1.54, 1.807) is 18.2 Å². The number of benzene rings is 2. The fourth-order valence-electron chi connectivity index (χ4n) is 2.73. The summed E-state index contributed by atoms with van der Waals surface area (Å²) in [5, 5.41) is 16.1. The van der Waals surface area contributed by atoms with Crippen LogP contribution in [0.5, 0.6) is 5.75 Å². The lowest BCUT2D eigenvalue weighted by atomic mass is 10.1. The minimum absolute atomic E-state index is 0.108. The Labute approximate surface area is 157 Å². The Morgan fingerprint density at radius 2 is 1.88 bits per heavy atom. The van der Waals surface area contributed by atoms with Crippen LogP contribution in [0.1, 0.15) is 5.56 Å². The van der Waals surface area contributed by atoms with Crippen molar-refractivity contribution in [2.75, 3.05) is 5.32 Å². The zero-order valence-electron chi connectivity index (χ0n) is 13.6. The molecule has 7 heteroatoms. The number of halogens is 2. The van der Waals surface area contributed by atoms with Gasteiger partial charge in [-0.15, -0.1) is 11.3 Å². The molecule has 0 atom stereocenters. The molecule has 26 heavy (non-hydrogen) atoms. The third-order valence-corrected chi connectivity index (χ3v) is 5.01. The number of aromatic nitrogens is 2. The summed E-state index contributed by atoms with van der Waals surface area (Å²) in [4.78, 5) is 9.29. The number of hydrogen-bond donors (Lipinski definition) is 2. The van der Waals surface area contributed by atoms with E-state index in [4.69, 9.17) is 11.6 Å². The maximum absolute atomic E-state index is 13.3. The van der Waals surface area contributed by atoms with Crippen molar-refractivity contribution in [3.8, 4) is 16.9 Å². The van der Waals surface area contributed by atoms with E-state index < -0.39 is 0 Å². The van der Waals surface area contributed by atoms with E-state index >= 15 is 0 Å². The highest BCUT2D eigenvalue weighted by atomic mass is 35.5. The summed E-state index contributed by atoms with van der Waals surface area (Å²) >= 11 is 7.50. The molecule has 0 aliphatic rings. The standard InChI is InChI=1S/C19H13ClFN3OS/c1-10-2-7-15(25)14(8-10)22-17-16-13(11-3-5-12(21)6-4-11)9-26-18(16)24-19(20)23-17/h2-9,25H,1H3,(H,22,23,24). The van der Waals surface area contributed by atoms with Gasteiger partial charge in [-0.05, 0) is 53.9 Å². The topological polar surface area (TPSA) is 58.0 Å². The second kappa shape index (κ2) is 6.55. The summed E-state index contributed by atoms with van der Waals surface area (Å²) in [5.74, 6) is 0.300. The van der Waals surface area contributed by atoms with Crippen LogP contribution < -0.4 is 5.32 Å². The molecule has 0 aliphatic carbocycles. The second-order valence-electron chi connectivity index (χ2n) is 5.82. The number of fused-ring (bicyclic) bond motifs is 1. The van der Waals surface area contributed by atoms with Gasteiger partial charge in [0.25, 0.3) is 0 Å². The fraction of sp³-hybridized carbons (Fsp3) is 0.0526. The highest BCUT2D eigenvalue weighted by molar-refractivity contribution is 7.17. The maximum Gasteiger partial charge on any atom is 0.225 e. The molecule has 2 aromatic carbocycles. The van der Waals surface area contributed by atoms with Crippen LogP contribution in [0, 0.1) is 12.7 Å². The molecule has 0 saturated carbocycles. The van der Waals surface area contributed by atoms with Gasteiger partial charge in [0.05, 0.1) is 11.1 Å². The molecule has 0 radical (unpaired) electrons. The molecule has 0 bridgehead atoms. The first-order valence-electron chi connectivity index (χ1n) is 7.78. The molecule has 0 aliphatic heterocycles. The minimum Gasteiger partial charge on any atom is -0.506 e. The summed E-state index contributed by atoms with van der Waals surface area (Å²) in [6.07, 6.45) is 0. The van der Waals surface area contributed by atoms with Crippen LogP contribution in [-0.2, 0) is 0 Å². The van der Waals surface area contributed by atoms with Crippen LogP contribution >= 0.6 is 22.9 Å². The lowest BCUT2D eigenvalue weighted by Crippen LogP contribution is -1.97. The Morgan fingerprint density at radius 3 is 2.65 bits per heavy atom. The van der Waals surface area contributed by atoms with Gasteiger partial charge >= 0.3 is 0 Å². The average molecular weight is 386 g/mol. The highest BCUT2D eigenvalue weighted by Gasteiger charge is 2.16. The van der Waals surface area contributed by atoms with Crippen molar-refractivity contribution >= 4 is 44.7 Å². The second-order valence-corrected chi connectivity index (χ2v) is 7.02. The molecule has 4 aromatic rings. The summed E-state index contributed by atoms with van der Waals surface area (Å²) < 4.78 is 13.3. The van der Waals surface area contributed by atoms with Crippen LogP contribution in [0.25, 0.3) is 21.3 Å². The zero-order chi connectivity index (χ0) is 18.3. The van der Waals surface area contributed by atoms with Crippen molar-refractivity contribution in [1.82, 2.24) is 9.97 Å². The van der Waals surface area contributed by atoms with Gasteiger partial charge in [0.2, 0.25) is 5.28 Å². The predicted octanol–water partition coefficient (Wildman–Crippen LogP) is 5.91. The van der Waals surface area contributed by atoms with Gasteiger partial charge in [-0.1, -0.05) is 18.2 Å². The minimum atomic E-state index is -0.296. The molecule has 130 valence electrons. The van der Waals surface area contributed by atoms with Crippen molar-refractivity contribution in [2.45, 2.75) is 6.92 Å². The van der Waals surface area contributed by atoms with Crippen LogP contribution in [0.3, 0.4) is 0 Å². The summed E-state index contributed by atoms with van der Waals surface area (Å²) in [5.41, 5.74) is 3.24. The van der Waals surface area contributed by atoms with E-state index in [0.29, 0.717) is 16.3 Å². The average Bonchev–Trinajstić information content (AvgIpc) is 3.02. The highest BCUT2D eigenvalue weighted by Crippen LogP contribution is 2.39. The maximum atomic E-state index is 13.3. The van der Waals surface area contributed by atoms with Gasteiger partial charge in [0.1, 0.15) is 22.2 Å².